The van der Waals surface area contributed by atoms with Crippen molar-refractivity contribution in [3.05, 3.63) is 302 Å². The predicted molar refractivity (Wildman–Crippen MR) is 381 cm³/mol. The van der Waals surface area contributed by atoms with Crippen molar-refractivity contribution in [3.8, 4) is 0 Å². The van der Waals surface area contributed by atoms with Gasteiger partial charge in [-0.15, -0.1) is 0 Å². The average molecular weight is 1180 g/mol. The Kier molecular flexibility index (Phi) is 13.6. The highest BCUT2D eigenvalue weighted by Gasteiger charge is 2.15. The summed E-state index contributed by atoms with van der Waals surface area (Å²) < 4.78 is 1.14. The van der Waals surface area contributed by atoms with Crippen LogP contribution in [0.15, 0.2) is 302 Å². The molecule has 0 aliphatic carbocycles. The van der Waals surface area contributed by atoms with Gasteiger partial charge in [-0.25, -0.2) is 0 Å². The Morgan fingerprint density at radius 3 is 0.977 bits per heavy atom. The number of hydrogen-bond acceptors (Lipinski definition) is 4. The van der Waals surface area contributed by atoms with Gasteiger partial charge in [-0.05, 0) is 139 Å². The summed E-state index contributed by atoms with van der Waals surface area (Å²) in [6.07, 6.45) is 0. The van der Waals surface area contributed by atoms with Crippen molar-refractivity contribution in [1.82, 2.24) is 9.97 Å². The number of fused-ring (bicyclic) bond motifs is 16. The maximum atomic E-state index is 5.77. The SMILES string of the molecule is Brc1ccc2ccccc2c1.Nc1cccc2c(N)cccc12.c1ccc2cc(Nc3cccc4c(Nc5ccc6ccccc6c5)cccc34)ccc2c1.c1ccc2cc3c(cc2c1)[nH]c1c3ccc2c1ccc1c3cc4ccccc4cc3[nH]c12. The summed E-state index contributed by atoms with van der Waals surface area (Å²) in [5, 5.41) is 31.9. The molecule has 0 atom stereocenters. The topological polar surface area (TPSA) is 108 Å². The molecule has 0 saturated carbocycles. The lowest BCUT2D eigenvalue weighted by Gasteiger charge is -2.14. The highest BCUT2D eigenvalue weighted by molar-refractivity contribution is 9.10. The maximum absolute atomic E-state index is 5.77. The smallest absolute Gasteiger partial charge is 0.0545 e. The highest BCUT2D eigenvalue weighted by Crippen LogP contribution is 2.40. The Labute approximate surface area is 510 Å². The number of anilines is 6. The van der Waals surface area contributed by atoms with Crippen LogP contribution in [0.1, 0.15) is 0 Å². The fraction of sp³-hybridized carbons (Fsp3) is 0. The van der Waals surface area contributed by atoms with E-state index in [1.807, 2.05) is 36.4 Å². The van der Waals surface area contributed by atoms with Gasteiger partial charge in [0.1, 0.15) is 0 Å². The van der Waals surface area contributed by atoms with E-state index in [-0.39, 0.29) is 0 Å². The number of halogens is 1. The van der Waals surface area contributed by atoms with Gasteiger partial charge < -0.3 is 32.1 Å². The largest absolute Gasteiger partial charge is 0.398 e. The first-order valence-corrected chi connectivity index (χ1v) is 30.0. The molecule has 16 aromatic carbocycles. The van der Waals surface area contributed by atoms with Crippen LogP contribution in [0, 0.1) is 0 Å². The van der Waals surface area contributed by atoms with E-state index in [0.29, 0.717) is 0 Å². The van der Waals surface area contributed by atoms with Crippen LogP contribution in [-0.2, 0) is 0 Å². The molecular weight excluding hydrogens is 1120 g/mol. The molecule has 18 rings (SSSR count). The van der Waals surface area contributed by atoms with Crippen molar-refractivity contribution in [1.29, 1.82) is 0 Å². The van der Waals surface area contributed by atoms with E-state index in [2.05, 4.69) is 297 Å². The zero-order valence-corrected chi connectivity index (χ0v) is 48.9. The molecule has 0 bridgehead atoms. The standard InChI is InChI=1S/C30H18N2.C30H22N2.C10H7Br.C10H10N2/c1-3-7-19-15-27-25(13-17(19)5-1)23-11-9-22-21(29(23)31-27)10-12-24-26-14-18-6-2-4-8-20(18)16-28(26)32-30(22)24;1-3-9-23-19-25(17-15-21(23)7-1)31-29-13-5-12-28-27(29)11-6-14-30(28)32-26-18-16-22-8-2-4-10-24(22)20-26;11-10-6-5-8-3-1-2-4-9(8)7-10;11-9-5-1-3-7-8(9)4-2-6-10(7)12/h1-16,31-32H;1-20,31-32H;1-7H;1-6H,11-12H2. The Morgan fingerprint density at radius 2 is 0.563 bits per heavy atom. The van der Waals surface area contributed by atoms with E-state index in [0.717, 1.165) is 49.4 Å². The van der Waals surface area contributed by atoms with Crippen LogP contribution in [0.3, 0.4) is 0 Å². The second-order valence-corrected chi connectivity index (χ2v) is 23.1. The number of H-pyrrole nitrogens is 2. The monoisotopic (exact) mass is 1180 g/mol. The summed E-state index contributed by atoms with van der Waals surface area (Å²) >= 11 is 3.43. The summed E-state index contributed by atoms with van der Waals surface area (Å²) in [4.78, 5) is 7.45. The number of rotatable bonds is 4. The summed E-state index contributed by atoms with van der Waals surface area (Å²) in [7, 11) is 0. The molecule has 8 N–H and O–H groups in total. The summed E-state index contributed by atoms with van der Waals surface area (Å²) in [6, 6.07) is 104. The highest BCUT2D eigenvalue weighted by atomic mass is 79.9. The van der Waals surface area contributed by atoms with Crippen molar-refractivity contribution in [2.45, 2.75) is 0 Å². The molecule has 2 aromatic heterocycles. The molecule has 2 heterocycles. The lowest BCUT2D eigenvalue weighted by molar-refractivity contribution is 1.56. The molecule has 0 aliphatic rings. The van der Waals surface area contributed by atoms with Crippen molar-refractivity contribution < 1.29 is 0 Å². The van der Waals surface area contributed by atoms with Crippen LogP contribution >= 0.6 is 15.9 Å². The molecule has 6 nitrogen and oxygen atoms in total. The van der Waals surface area contributed by atoms with Crippen molar-refractivity contribution >= 4 is 180 Å². The van der Waals surface area contributed by atoms with E-state index in [1.165, 1.54) is 119 Å². The molecule has 0 aliphatic heterocycles. The number of nitrogens with two attached hydrogens (primary N) is 2. The van der Waals surface area contributed by atoms with Gasteiger partial charge in [-0.1, -0.05) is 228 Å². The summed E-state index contributed by atoms with van der Waals surface area (Å²) in [5.41, 5.74) is 22.3. The molecular formula is C80H57BrN6. The van der Waals surface area contributed by atoms with E-state index in [9.17, 15) is 0 Å². The first-order valence-electron chi connectivity index (χ1n) is 29.2. The normalized spacial score (nSPS) is 11.4. The average Bonchev–Trinajstić information content (AvgIpc) is 1.71. The van der Waals surface area contributed by atoms with Gasteiger partial charge in [0, 0.05) is 103 Å². The van der Waals surface area contributed by atoms with Gasteiger partial charge in [0.05, 0.1) is 11.0 Å². The maximum Gasteiger partial charge on any atom is 0.0545 e. The van der Waals surface area contributed by atoms with Crippen LogP contribution in [0.2, 0.25) is 0 Å². The third kappa shape index (κ3) is 10.3. The second-order valence-electron chi connectivity index (χ2n) is 22.2. The number of aromatic amines is 2. The third-order valence-electron chi connectivity index (χ3n) is 16.8. The molecule has 0 spiro atoms. The first kappa shape index (κ1) is 52.7. The van der Waals surface area contributed by atoms with Gasteiger partial charge in [0.25, 0.3) is 0 Å². The van der Waals surface area contributed by atoms with Crippen molar-refractivity contribution in [3.63, 3.8) is 0 Å². The van der Waals surface area contributed by atoms with Crippen molar-refractivity contribution in [2.24, 2.45) is 0 Å². The number of hydrogen-bond donors (Lipinski definition) is 6. The molecule has 18 aromatic rings. The van der Waals surface area contributed by atoms with Crippen LogP contribution in [0.4, 0.5) is 34.1 Å². The van der Waals surface area contributed by atoms with Gasteiger partial charge in [-0.2, -0.15) is 0 Å². The van der Waals surface area contributed by atoms with Gasteiger partial charge in [-0.3, -0.25) is 0 Å². The molecule has 7 heteroatoms. The van der Waals surface area contributed by atoms with Crippen LogP contribution in [-0.4, -0.2) is 9.97 Å². The first-order chi connectivity index (χ1) is 42.8. The molecule has 0 fully saturated rings. The van der Waals surface area contributed by atoms with Crippen LogP contribution < -0.4 is 22.1 Å². The fourth-order valence-corrected chi connectivity index (χ4v) is 12.8. The Bertz CT molecular complexity index is 5350. The number of benzene rings is 16. The Hall–Kier alpha value is -11.1. The molecule has 0 amide bonds. The van der Waals surface area contributed by atoms with E-state index in [1.54, 1.807) is 0 Å². The minimum absolute atomic E-state index is 0.778. The number of nitrogen functional groups attached to an aromatic ring is 2. The van der Waals surface area contributed by atoms with E-state index < -0.39 is 0 Å². The van der Waals surface area contributed by atoms with E-state index >= 15 is 0 Å². The van der Waals surface area contributed by atoms with Gasteiger partial charge >= 0.3 is 0 Å². The van der Waals surface area contributed by atoms with Crippen LogP contribution in [0.5, 0.6) is 0 Å². The zero-order chi connectivity index (χ0) is 58.4. The van der Waals surface area contributed by atoms with Crippen LogP contribution in [0.25, 0.3) is 130 Å². The third-order valence-corrected chi connectivity index (χ3v) is 17.2. The van der Waals surface area contributed by atoms with Crippen molar-refractivity contribution in [2.75, 3.05) is 22.1 Å². The minimum atomic E-state index is 0.778. The lowest BCUT2D eigenvalue weighted by Crippen LogP contribution is -1.95. The summed E-state index contributed by atoms with van der Waals surface area (Å²) in [5.74, 6) is 0. The molecule has 0 saturated heterocycles. The Balaban J connectivity index is 0.000000108. The molecule has 0 unspecified atom stereocenters. The number of aromatic nitrogens is 2. The minimum Gasteiger partial charge on any atom is -0.398 e. The lowest BCUT2D eigenvalue weighted by atomic mass is 10.0. The quantitative estimate of drug-likeness (QED) is 0.0987. The van der Waals surface area contributed by atoms with Gasteiger partial charge in [0.2, 0.25) is 0 Å². The second kappa shape index (κ2) is 22.5. The summed E-state index contributed by atoms with van der Waals surface area (Å²) in [6.45, 7) is 0. The van der Waals surface area contributed by atoms with E-state index in [4.69, 9.17) is 11.5 Å². The fourth-order valence-electron chi connectivity index (χ4n) is 12.4. The predicted octanol–water partition coefficient (Wildman–Crippen LogP) is 22.7. The Morgan fingerprint density at radius 1 is 0.241 bits per heavy atom. The molecule has 414 valence electrons. The van der Waals surface area contributed by atoms with Gasteiger partial charge in [0.15, 0.2) is 0 Å². The molecule has 87 heavy (non-hydrogen) atoms. The zero-order valence-electron chi connectivity index (χ0n) is 47.3. The number of nitrogens with one attached hydrogen (secondary N) is 4. The molecule has 0 radical (unpaired) electrons.